The summed E-state index contributed by atoms with van der Waals surface area (Å²) >= 11 is 12.8. The Labute approximate surface area is 148 Å². The van der Waals surface area contributed by atoms with Crippen LogP contribution in [0.25, 0.3) is 0 Å². The molecule has 122 valence electrons. The molecule has 0 aromatic heterocycles. The fourth-order valence-electron chi connectivity index (χ4n) is 1.80. The molecule has 2 rings (SSSR count). The smallest absolute Gasteiger partial charge is 0.170 e. The zero-order valence-corrected chi connectivity index (χ0v) is 14.5. The van der Waals surface area contributed by atoms with E-state index in [0.717, 1.165) is 28.7 Å². The quantitative estimate of drug-likeness (QED) is 0.559. The highest BCUT2D eigenvalue weighted by atomic mass is 35.5. The van der Waals surface area contributed by atoms with Gasteiger partial charge in [0.25, 0.3) is 0 Å². The normalized spacial score (nSPS) is 10.4. The lowest BCUT2D eigenvalue weighted by Crippen LogP contribution is -2.30. The summed E-state index contributed by atoms with van der Waals surface area (Å²) in [6.45, 7) is 0.667. The van der Waals surface area contributed by atoms with E-state index in [4.69, 9.17) is 23.8 Å². The molecule has 0 aliphatic carbocycles. The molecule has 0 saturated heterocycles. The van der Waals surface area contributed by atoms with Gasteiger partial charge in [-0.2, -0.15) is 11.8 Å². The van der Waals surface area contributed by atoms with Crippen molar-refractivity contribution in [2.24, 2.45) is 0 Å². The molecule has 0 unspecified atom stereocenters. The van der Waals surface area contributed by atoms with Crippen molar-refractivity contribution in [3.8, 4) is 0 Å². The van der Waals surface area contributed by atoms with Crippen LogP contribution < -0.4 is 10.6 Å². The first kappa shape index (κ1) is 18.0. The van der Waals surface area contributed by atoms with Crippen molar-refractivity contribution in [1.82, 2.24) is 5.32 Å². The van der Waals surface area contributed by atoms with E-state index in [1.54, 1.807) is 11.8 Å². The summed E-state index contributed by atoms with van der Waals surface area (Å²) in [5.74, 6) is -0.0701. The minimum absolute atomic E-state index is 0.374. The molecule has 0 radical (unpaired) electrons. The molecule has 0 bridgehead atoms. The maximum Gasteiger partial charge on any atom is 0.170 e. The van der Waals surface area contributed by atoms with Crippen molar-refractivity contribution in [3.63, 3.8) is 0 Å². The lowest BCUT2D eigenvalue weighted by atomic mass is 10.2. The Hall–Kier alpha value is -1.37. The summed E-state index contributed by atoms with van der Waals surface area (Å²) < 4.78 is 25.9. The van der Waals surface area contributed by atoms with Gasteiger partial charge in [-0.25, -0.2) is 8.78 Å². The molecular weight excluding hydrogens is 358 g/mol. The SMILES string of the molecule is Fc1ccc(NC(=S)NCCSCc2cccc(Cl)c2)cc1F. The van der Waals surface area contributed by atoms with Gasteiger partial charge in [0, 0.05) is 34.8 Å². The Morgan fingerprint density at radius 2 is 1.96 bits per heavy atom. The molecule has 0 amide bonds. The predicted molar refractivity (Wildman–Crippen MR) is 98.2 cm³/mol. The molecule has 0 aliphatic heterocycles. The molecule has 2 aromatic rings. The van der Waals surface area contributed by atoms with Crippen molar-refractivity contribution < 1.29 is 8.78 Å². The summed E-state index contributed by atoms with van der Waals surface area (Å²) in [6, 6.07) is 11.3. The molecule has 2 nitrogen and oxygen atoms in total. The van der Waals surface area contributed by atoms with Crippen molar-refractivity contribution in [2.45, 2.75) is 5.75 Å². The van der Waals surface area contributed by atoms with Gasteiger partial charge < -0.3 is 10.6 Å². The van der Waals surface area contributed by atoms with E-state index < -0.39 is 11.6 Å². The average molecular weight is 373 g/mol. The maximum absolute atomic E-state index is 13.1. The van der Waals surface area contributed by atoms with Crippen LogP contribution in [0.4, 0.5) is 14.5 Å². The average Bonchev–Trinajstić information content (AvgIpc) is 2.51. The zero-order chi connectivity index (χ0) is 16.7. The molecule has 0 aliphatic rings. The summed E-state index contributed by atoms with van der Waals surface area (Å²) in [5.41, 5.74) is 1.58. The van der Waals surface area contributed by atoms with E-state index in [1.807, 2.05) is 24.3 Å². The van der Waals surface area contributed by atoms with Gasteiger partial charge in [-0.15, -0.1) is 0 Å². The number of hydrogen-bond donors (Lipinski definition) is 2. The summed E-state index contributed by atoms with van der Waals surface area (Å²) in [5, 5.41) is 6.94. The van der Waals surface area contributed by atoms with Crippen molar-refractivity contribution >= 4 is 46.4 Å². The van der Waals surface area contributed by atoms with E-state index in [1.165, 1.54) is 11.6 Å². The Morgan fingerprint density at radius 1 is 1.13 bits per heavy atom. The second-order valence-electron chi connectivity index (χ2n) is 4.69. The molecule has 2 aromatic carbocycles. The number of hydrogen-bond acceptors (Lipinski definition) is 2. The van der Waals surface area contributed by atoms with Gasteiger partial charge in [-0.05, 0) is 42.0 Å². The third-order valence-corrected chi connectivity index (χ3v) is 4.38. The lowest BCUT2D eigenvalue weighted by Gasteiger charge is -2.10. The van der Waals surface area contributed by atoms with Crippen molar-refractivity contribution in [3.05, 3.63) is 64.7 Å². The van der Waals surface area contributed by atoms with Gasteiger partial charge in [-0.3, -0.25) is 0 Å². The monoisotopic (exact) mass is 372 g/mol. The molecule has 7 heteroatoms. The molecule has 0 heterocycles. The number of thioether (sulfide) groups is 1. The Bertz CT molecular complexity index is 683. The fourth-order valence-corrected chi connectivity index (χ4v) is 3.04. The molecular formula is C16H15ClF2N2S2. The summed E-state index contributed by atoms with van der Waals surface area (Å²) in [6.07, 6.45) is 0. The second-order valence-corrected chi connectivity index (χ2v) is 6.64. The summed E-state index contributed by atoms with van der Waals surface area (Å²) in [4.78, 5) is 0. The Kier molecular flexibility index (Phi) is 7.08. The van der Waals surface area contributed by atoms with Gasteiger partial charge in [-0.1, -0.05) is 23.7 Å². The maximum atomic E-state index is 13.1. The van der Waals surface area contributed by atoms with Crippen molar-refractivity contribution in [2.75, 3.05) is 17.6 Å². The van der Waals surface area contributed by atoms with Gasteiger partial charge in [0.1, 0.15) is 0 Å². The Morgan fingerprint density at radius 3 is 2.70 bits per heavy atom. The molecule has 0 spiro atoms. The van der Waals surface area contributed by atoms with E-state index >= 15 is 0 Å². The van der Waals surface area contributed by atoms with Crippen LogP contribution in [-0.4, -0.2) is 17.4 Å². The molecule has 23 heavy (non-hydrogen) atoms. The number of anilines is 1. The van der Waals surface area contributed by atoms with E-state index in [-0.39, 0.29) is 0 Å². The van der Waals surface area contributed by atoms with Gasteiger partial charge >= 0.3 is 0 Å². The lowest BCUT2D eigenvalue weighted by molar-refractivity contribution is 0.509. The van der Waals surface area contributed by atoms with Crippen LogP contribution in [-0.2, 0) is 5.75 Å². The third kappa shape index (κ3) is 6.33. The fraction of sp³-hybridized carbons (Fsp3) is 0.188. The van der Waals surface area contributed by atoms with Crippen molar-refractivity contribution in [1.29, 1.82) is 0 Å². The number of thiocarbonyl (C=S) groups is 1. The standard InChI is InChI=1S/C16H15ClF2N2S2/c17-12-3-1-2-11(8-12)10-23-7-6-20-16(22)21-13-4-5-14(18)15(19)9-13/h1-5,8-9H,6-7,10H2,(H2,20,21,22). The highest BCUT2D eigenvalue weighted by molar-refractivity contribution is 7.98. The van der Waals surface area contributed by atoms with Crippen LogP contribution in [0.5, 0.6) is 0 Å². The highest BCUT2D eigenvalue weighted by Gasteiger charge is 2.03. The summed E-state index contributed by atoms with van der Waals surface area (Å²) in [7, 11) is 0. The van der Waals surface area contributed by atoms with Crippen LogP contribution in [0.3, 0.4) is 0 Å². The topological polar surface area (TPSA) is 24.1 Å². The largest absolute Gasteiger partial charge is 0.362 e. The predicted octanol–water partition coefficient (Wildman–Crippen LogP) is 4.84. The number of benzene rings is 2. The van der Waals surface area contributed by atoms with Crippen LogP contribution in [0, 0.1) is 11.6 Å². The minimum atomic E-state index is -0.908. The first-order valence-corrected chi connectivity index (χ1v) is 8.81. The zero-order valence-electron chi connectivity index (χ0n) is 12.1. The van der Waals surface area contributed by atoms with Crippen LogP contribution >= 0.6 is 35.6 Å². The first-order chi connectivity index (χ1) is 11.0. The van der Waals surface area contributed by atoms with Gasteiger partial charge in [0.2, 0.25) is 0 Å². The molecule has 0 atom stereocenters. The minimum Gasteiger partial charge on any atom is -0.362 e. The molecule has 0 saturated carbocycles. The molecule has 0 fully saturated rings. The highest BCUT2D eigenvalue weighted by Crippen LogP contribution is 2.16. The number of halogens is 3. The van der Waals surface area contributed by atoms with Crippen LogP contribution in [0.15, 0.2) is 42.5 Å². The number of nitrogens with one attached hydrogen (secondary N) is 2. The third-order valence-electron chi connectivity index (χ3n) is 2.87. The van der Waals surface area contributed by atoms with Crippen LogP contribution in [0.2, 0.25) is 5.02 Å². The molecule has 2 N–H and O–H groups in total. The Balaban J connectivity index is 1.65. The van der Waals surface area contributed by atoms with Gasteiger partial charge in [0.05, 0.1) is 0 Å². The first-order valence-electron chi connectivity index (χ1n) is 6.86. The number of rotatable bonds is 6. The van der Waals surface area contributed by atoms with Crippen LogP contribution in [0.1, 0.15) is 5.56 Å². The van der Waals surface area contributed by atoms with E-state index in [0.29, 0.717) is 17.3 Å². The second kappa shape index (κ2) is 9.05. The van der Waals surface area contributed by atoms with Gasteiger partial charge in [0.15, 0.2) is 16.7 Å². The van der Waals surface area contributed by atoms with E-state index in [2.05, 4.69) is 10.6 Å². The van der Waals surface area contributed by atoms with E-state index in [9.17, 15) is 8.78 Å².